The van der Waals surface area contributed by atoms with E-state index in [0.29, 0.717) is 11.6 Å². The van der Waals surface area contributed by atoms with Crippen LogP contribution in [0, 0.1) is 0 Å². The Hall–Kier alpha value is -0.970. The van der Waals surface area contributed by atoms with Crippen LogP contribution in [-0.2, 0) is 6.42 Å². The largest absolute Gasteiger partial charge is 0.497 e. The van der Waals surface area contributed by atoms with Gasteiger partial charge in [-0.3, -0.25) is 0 Å². The van der Waals surface area contributed by atoms with E-state index in [1.807, 2.05) is 18.2 Å². The van der Waals surface area contributed by atoms with Gasteiger partial charge >= 0.3 is 0 Å². The van der Waals surface area contributed by atoms with E-state index in [1.54, 1.807) is 13.2 Å². The molecule has 1 aromatic heterocycles. The third-order valence-electron chi connectivity index (χ3n) is 2.74. The Labute approximate surface area is 119 Å². The van der Waals surface area contributed by atoms with Crippen molar-refractivity contribution in [3.05, 3.63) is 51.3 Å². The van der Waals surface area contributed by atoms with Gasteiger partial charge in [-0.2, -0.15) is 0 Å². The van der Waals surface area contributed by atoms with Gasteiger partial charge in [-0.15, -0.1) is 0 Å². The number of rotatable bonds is 4. The zero-order valence-corrected chi connectivity index (χ0v) is 12.2. The van der Waals surface area contributed by atoms with Gasteiger partial charge in [0.25, 0.3) is 0 Å². The van der Waals surface area contributed by atoms with Crippen molar-refractivity contribution in [2.75, 3.05) is 7.11 Å². The van der Waals surface area contributed by atoms with Gasteiger partial charge in [-0.1, -0.05) is 15.9 Å². The Morgan fingerprint density at radius 2 is 2.22 bits per heavy atom. The van der Waals surface area contributed by atoms with E-state index in [4.69, 9.17) is 26.5 Å². The zero-order chi connectivity index (χ0) is 13.1. The number of halogens is 2. The summed E-state index contributed by atoms with van der Waals surface area (Å²) in [4.78, 5) is 0. The molecule has 1 unspecified atom stereocenters. The van der Waals surface area contributed by atoms with E-state index in [2.05, 4.69) is 15.9 Å². The first kappa shape index (κ1) is 13.5. The van der Waals surface area contributed by atoms with Crippen molar-refractivity contribution in [1.29, 1.82) is 0 Å². The van der Waals surface area contributed by atoms with Crippen LogP contribution in [0.5, 0.6) is 5.75 Å². The number of hydrogen-bond acceptors (Lipinski definition) is 3. The van der Waals surface area contributed by atoms with Crippen LogP contribution in [0.25, 0.3) is 0 Å². The van der Waals surface area contributed by atoms with Crippen molar-refractivity contribution in [2.45, 2.75) is 12.5 Å². The van der Waals surface area contributed by atoms with Crippen molar-refractivity contribution in [3.8, 4) is 5.75 Å². The first-order valence-corrected chi connectivity index (χ1v) is 6.59. The van der Waals surface area contributed by atoms with Crippen molar-refractivity contribution < 1.29 is 9.15 Å². The molecule has 2 N–H and O–H groups in total. The predicted octanol–water partition coefficient (Wildman–Crippen LogP) is 3.95. The smallest absolute Gasteiger partial charge is 0.197 e. The fourth-order valence-electron chi connectivity index (χ4n) is 1.75. The lowest BCUT2D eigenvalue weighted by Gasteiger charge is -2.12. The summed E-state index contributed by atoms with van der Waals surface area (Å²) in [5.41, 5.74) is 8.01. The standard InChI is InChI=1S/C13H13BrClNO2/c1-17-9-2-3-11(14)8(6-9)7-12(16)10-4-5-18-13(10)15/h2-6,12H,7,16H2,1H3. The molecule has 0 saturated carbocycles. The Balaban J connectivity index is 2.21. The quantitative estimate of drug-likeness (QED) is 0.923. The summed E-state index contributed by atoms with van der Waals surface area (Å²) in [5, 5.41) is 0.349. The maximum atomic E-state index is 6.13. The lowest BCUT2D eigenvalue weighted by Crippen LogP contribution is -2.13. The molecule has 1 atom stereocenters. The monoisotopic (exact) mass is 329 g/mol. The highest BCUT2D eigenvalue weighted by molar-refractivity contribution is 9.10. The Kier molecular flexibility index (Phi) is 4.32. The van der Waals surface area contributed by atoms with Crippen molar-refractivity contribution in [1.82, 2.24) is 0 Å². The normalized spacial score (nSPS) is 12.4. The van der Waals surface area contributed by atoms with Crippen LogP contribution < -0.4 is 10.5 Å². The van der Waals surface area contributed by atoms with Gasteiger partial charge in [0.1, 0.15) is 5.75 Å². The van der Waals surface area contributed by atoms with E-state index >= 15 is 0 Å². The molecular formula is C13H13BrClNO2. The number of benzene rings is 1. The predicted molar refractivity (Wildman–Crippen MR) is 75.0 cm³/mol. The van der Waals surface area contributed by atoms with Gasteiger partial charge in [-0.25, -0.2) is 0 Å². The second-order valence-corrected chi connectivity index (χ2v) is 5.12. The minimum absolute atomic E-state index is 0.209. The Morgan fingerprint density at radius 3 is 2.83 bits per heavy atom. The van der Waals surface area contributed by atoms with E-state index < -0.39 is 0 Å². The third-order valence-corrected chi connectivity index (χ3v) is 3.82. The lowest BCUT2D eigenvalue weighted by molar-refractivity contribution is 0.414. The maximum absolute atomic E-state index is 6.13. The number of methoxy groups -OCH3 is 1. The number of hydrogen-bond donors (Lipinski definition) is 1. The van der Waals surface area contributed by atoms with Crippen LogP contribution in [0.3, 0.4) is 0 Å². The Morgan fingerprint density at radius 1 is 1.44 bits per heavy atom. The summed E-state index contributed by atoms with van der Waals surface area (Å²) in [7, 11) is 1.64. The van der Waals surface area contributed by atoms with Crippen LogP contribution in [0.1, 0.15) is 17.2 Å². The molecule has 0 radical (unpaired) electrons. The fraction of sp³-hybridized carbons (Fsp3) is 0.231. The van der Waals surface area contributed by atoms with Crippen LogP contribution >= 0.6 is 27.5 Å². The van der Waals surface area contributed by atoms with E-state index in [9.17, 15) is 0 Å². The van der Waals surface area contributed by atoms with Crippen molar-refractivity contribution >= 4 is 27.5 Å². The Bertz CT molecular complexity index is 542. The number of furan rings is 1. The molecule has 18 heavy (non-hydrogen) atoms. The maximum Gasteiger partial charge on any atom is 0.197 e. The summed E-state index contributed by atoms with van der Waals surface area (Å²) >= 11 is 9.42. The summed E-state index contributed by atoms with van der Waals surface area (Å²) in [5.74, 6) is 0.804. The van der Waals surface area contributed by atoms with Gasteiger partial charge in [-0.05, 0) is 47.9 Å². The van der Waals surface area contributed by atoms with Crippen LogP contribution in [0.15, 0.2) is 39.4 Å². The van der Waals surface area contributed by atoms with Crippen molar-refractivity contribution in [2.24, 2.45) is 5.73 Å². The molecule has 0 spiro atoms. The zero-order valence-electron chi connectivity index (χ0n) is 9.82. The molecule has 0 saturated heterocycles. The van der Waals surface area contributed by atoms with E-state index in [1.165, 1.54) is 6.26 Å². The topological polar surface area (TPSA) is 48.4 Å². The molecule has 5 heteroatoms. The molecule has 0 aliphatic heterocycles. The van der Waals surface area contributed by atoms with Crippen molar-refractivity contribution in [3.63, 3.8) is 0 Å². The van der Waals surface area contributed by atoms with Gasteiger partial charge in [0.15, 0.2) is 5.22 Å². The first-order valence-electron chi connectivity index (χ1n) is 5.42. The van der Waals surface area contributed by atoms with Crippen LogP contribution in [0.2, 0.25) is 5.22 Å². The van der Waals surface area contributed by atoms with E-state index in [-0.39, 0.29) is 6.04 Å². The average molecular weight is 331 g/mol. The summed E-state index contributed by atoms with van der Waals surface area (Å²) < 4.78 is 11.2. The van der Waals surface area contributed by atoms with Gasteiger partial charge in [0, 0.05) is 16.1 Å². The highest BCUT2D eigenvalue weighted by atomic mass is 79.9. The molecule has 1 heterocycles. The lowest BCUT2D eigenvalue weighted by atomic mass is 10.0. The number of nitrogens with two attached hydrogens (primary N) is 1. The van der Waals surface area contributed by atoms with Gasteiger partial charge in [0.2, 0.25) is 0 Å². The molecule has 2 aromatic rings. The summed E-state index contributed by atoms with van der Waals surface area (Å²) in [6.07, 6.45) is 2.19. The second-order valence-electron chi connectivity index (χ2n) is 3.92. The van der Waals surface area contributed by atoms with Crippen LogP contribution in [0.4, 0.5) is 0 Å². The molecule has 0 fully saturated rings. The summed E-state index contributed by atoms with van der Waals surface area (Å²) in [6.45, 7) is 0. The molecule has 0 aliphatic rings. The first-order chi connectivity index (χ1) is 8.61. The van der Waals surface area contributed by atoms with Gasteiger partial charge in [0.05, 0.1) is 13.4 Å². The minimum Gasteiger partial charge on any atom is -0.497 e. The molecule has 96 valence electrons. The molecule has 0 aliphatic carbocycles. The molecule has 0 bridgehead atoms. The minimum atomic E-state index is -0.209. The fourth-order valence-corrected chi connectivity index (χ4v) is 2.41. The average Bonchev–Trinajstić information content (AvgIpc) is 2.78. The molecule has 0 amide bonds. The van der Waals surface area contributed by atoms with Crippen LogP contribution in [-0.4, -0.2) is 7.11 Å². The second kappa shape index (κ2) is 5.78. The summed E-state index contributed by atoms with van der Waals surface area (Å²) in [6, 6.07) is 7.38. The highest BCUT2D eigenvalue weighted by Gasteiger charge is 2.15. The van der Waals surface area contributed by atoms with Gasteiger partial charge < -0.3 is 14.9 Å². The third kappa shape index (κ3) is 2.88. The highest BCUT2D eigenvalue weighted by Crippen LogP contribution is 2.29. The molecule has 1 aromatic carbocycles. The molecule has 2 rings (SSSR count). The SMILES string of the molecule is COc1ccc(Br)c(CC(N)c2ccoc2Cl)c1. The number of ether oxygens (including phenoxy) is 1. The molecule has 3 nitrogen and oxygen atoms in total. The molecular weight excluding hydrogens is 318 g/mol. The van der Waals surface area contributed by atoms with E-state index in [0.717, 1.165) is 21.3 Å².